The molecule has 4 amide bonds. The van der Waals surface area contributed by atoms with Crippen LogP contribution in [0, 0.1) is 6.92 Å². The SMILES string of the molecule is CCN(CC)c1ccc(/C=C2\C(=O)NC(=O)N(c3ccc(C)cc3)C2=O)o1. The number of nitrogens with zero attached hydrogens (tertiary/aromatic N) is 2. The van der Waals surface area contributed by atoms with Crippen LogP contribution in [0.3, 0.4) is 0 Å². The van der Waals surface area contributed by atoms with Crippen LogP contribution in [-0.4, -0.2) is 30.9 Å². The average molecular weight is 367 g/mol. The van der Waals surface area contributed by atoms with Gasteiger partial charge in [-0.05, 0) is 45.0 Å². The van der Waals surface area contributed by atoms with E-state index in [9.17, 15) is 14.4 Å². The Morgan fingerprint density at radius 3 is 2.33 bits per heavy atom. The minimum Gasteiger partial charge on any atom is -0.441 e. The van der Waals surface area contributed by atoms with Gasteiger partial charge >= 0.3 is 6.03 Å². The van der Waals surface area contributed by atoms with Crippen molar-refractivity contribution in [3.63, 3.8) is 0 Å². The maximum atomic E-state index is 12.8. The summed E-state index contributed by atoms with van der Waals surface area (Å²) in [7, 11) is 0. The van der Waals surface area contributed by atoms with Crippen LogP contribution in [0.25, 0.3) is 6.08 Å². The van der Waals surface area contributed by atoms with Gasteiger partial charge in [0.2, 0.25) is 0 Å². The Hall–Kier alpha value is -3.35. The number of hydrogen-bond donors (Lipinski definition) is 1. The van der Waals surface area contributed by atoms with Crippen LogP contribution in [0.1, 0.15) is 25.2 Å². The van der Waals surface area contributed by atoms with Crippen molar-refractivity contribution in [3.05, 3.63) is 53.3 Å². The van der Waals surface area contributed by atoms with Crippen LogP contribution < -0.4 is 15.1 Å². The zero-order valence-electron chi connectivity index (χ0n) is 15.5. The maximum absolute atomic E-state index is 12.8. The smallest absolute Gasteiger partial charge is 0.335 e. The quantitative estimate of drug-likeness (QED) is 0.649. The first-order valence-corrected chi connectivity index (χ1v) is 8.77. The lowest BCUT2D eigenvalue weighted by molar-refractivity contribution is -0.122. The van der Waals surface area contributed by atoms with E-state index >= 15 is 0 Å². The monoisotopic (exact) mass is 367 g/mol. The molecule has 7 nitrogen and oxygen atoms in total. The number of hydrogen-bond acceptors (Lipinski definition) is 5. The molecule has 0 radical (unpaired) electrons. The molecule has 1 aromatic carbocycles. The second kappa shape index (κ2) is 7.49. The van der Waals surface area contributed by atoms with Gasteiger partial charge in [-0.15, -0.1) is 0 Å². The van der Waals surface area contributed by atoms with Gasteiger partial charge < -0.3 is 9.32 Å². The Morgan fingerprint density at radius 1 is 1.04 bits per heavy atom. The normalized spacial score (nSPS) is 16.0. The van der Waals surface area contributed by atoms with Gasteiger partial charge in [0.05, 0.1) is 5.69 Å². The van der Waals surface area contributed by atoms with E-state index in [0.717, 1.165) is 23.6 Å². The zero-order chi connectivity index (χ0) is 19.6. The first-order chi connectivity index (χ1) is 12.9. The molecule has 2 aromatic rings. The summed E-state index contributed by atoms with van der Waals surface area (Å²) in [6.07, 6.45) is 1.36. The lowest BCUT2D eigenvalue weighted by Crippen LogP contribution is -2.54. The molecule has 0 bridgehead atoms. The predicted octanol–water partition coefficient (Wildman–Crippen LogP) is 3.10. The van der Waals surface area contributed by atoms with Gasteiger partial charge in [0.1, 0.15) is 11.3 Å². The first kappa shape index (κ1) is 18.4. The number of nitrogens with one attached hydrogen (secondary N) is 1. The number of rotatable bonds is 5. The van der Waals surface area contributed by atoms with Crippen LogP contribution in [0.15, 0.2) is 46.4 Å². The van der Waals surface area contributed by atoms with Crippen LogP contribution in [-0.2, 0) is 9.59 Å². The fourth-order valence-electron chi connectivity index (χ4n) is 2.85. The van der Waals surface area contributed by atoms with Gasteiger partial charge in [-0.1, -0.05) is 17.7 Å². The summed E-state index contributed by atoms with van der Waals surface area (Å²) < 4.78 is 5.72. The number of urea groups is 1. The van der Waals surface area contributed by atoms with Crippen molar-refractivity contribution in [1.29, 1.82) is 0 Å². The second-order valence-electron chi connectivity index (χ2n) is 6.14. The molecule has 1 aliphatic heterocycles. The largest absolute Gasteiger partial charge is 0.441 e. The van der Waals surface area contributed by atoms with Crippen molar-refractivity contribution in [2.24, 2.45) is 0 Å². The van der Waals surface area contributed by atoms with Crippen molar-refractivity contribution >= 4 is 35.5 Å². The number of anilines is 2. The molecule has 2 heterocycles. The highest BCUT2D eigenvalue weighted by atomic mass is 16.4. The third-order valence-corrected chi connectivity index (χ3v) is 4.37. The molecule has 0 spiro atoms. The molecule has 0 atom stereocenters. The van der Waals surface area contributed by atoms with Gasteiger partial charge in [0, 0.05) is 19.2 Å². The second-order valence-corrected chi connectivity index (χ2v) is 6.14. The van der Waals surface area contributed by atoms with E-state index < -0.39 is 17.8 Å². The molecule has 3 rings (SSSR count). The van der Waals surface area contributed by atoms with E-state index in [-0.39, 0.29) is 5.57 Å². The lowest BCUT2D eigenvalue weighted by atomic mass is 10.1. The summed E-state index contributed by atoms with van der Waals surface area (Å²) in [6, 6.07) is 9.60. The molecule has 7 heteroatoms. The highest BCUT2D eigenvalue weighted by molar-refractivity contribution is 6.39. The molecule has 1 N–H and O–H groups in total. The number of furan rings is 1. The van der Waals surface area contributed by atoms with Crippen molar-refractivity contribution in [3.8, 4) is 0 Å². The first-order valence-electron chi connectivity index (χ1n) is 8.77. The fourth-order valence-corrected chi connectivity index (χ4v) is 2.85. The molecular formula is C20H21N3O4. The minimum absolute atomic E-state index is 0.157. The molecule has 1 saturated heterocycles. The van der Waals surface area contributed by atoms with E-state index in [0.29, 0.717) is 17.3 Å². The number of imide groups is 2. The van der Waals surface area contributed by atoms with Crippen molar-refractivity contribution in [2.45, 2.75) is 20.8 Å². The molecule has 0 saturated carbocycles. The van der Waals surface area contributed by atoms with Gasteiger partial charge in [-0.2, -0.15) is 0 Å². The van der Waals surface area contributed by atoms with Gasteiger partial charge in [-0.3, -0.25) is 14.9 Å². The summed E-state index contributed by atoms with van der Waals surface area (Å²) >= 11 is 0. The van der Waals surface area contributed by atoms with Gasteiger partial charge in [0.15, 0.2) is 5.88 Å². The van der Waals surface area contributed by atoms with Crippen LogP contribution in [0.4, 0.5) is 16.4 Å². The van der Waals surface area contributed by atoms with E-state index in [1.165, 1.54) is 6.08 Å². The Balaban J connectivity index is 1.93. The summed E-state index contributed by atoms with van der Waals surface area (Å²) in [5, 5.41) is 2.20. The van der Waals surface area contributed by atoms with E-state index in [2.05, 4.69) is 5.32 Å². The Kier molecular flexibility index (Phi) is 5.12. The highest BCUT2D eigenvalue weighted by Crippen LogP contribution is 2.24. The summed E-state index contributed by atoms with van der Waals surface area (Å²) in [5.74, 6) is -0.405. The van der Waals surface area contributed by atoms with Crippen molar-refractivity contribution < 1.29 is 18.8 Å². The number of carbonyl (C=O) groups excluding carboxylic acids is 3. The standard InChI is InChI=1S/C20H21N3O4/c1-4-22(5-2)17-11-10-15(27-17)12-16-18(24)21-20(26)23(19(16)25)14-8-6-13(3)7-9-14/h6-12H,4-5H2,1-3H3,(H,21,24,26)/b16-12+. The van der Waals surface area contributed by atoms with Crippen LogP contribution in [0.2, 0.25) is 0 Å². The number of barbiturate groups is 1. The summed E-state index contributed by atoms with van der Waals surface area (Å²) in [4.78, 5) is 40.2. The molecule has 0 unspecified atom stereocenters. The molecule has 0 aliphatic carbocycles. The highest BCUT2D eigenvalue weighted by Gasteiger charge is 2.37. The molecule has 140 valence electrons. The number of benzene rings is 1. The topological polar surface area (TPSA) is 82.9 Å². The van der Waals surface area contributed by atoms with Crippen molar-refractivity contribution in [2.75, 3.05) is 22.9 Å². The molecule has 1 aliphatic rings. The zero-order valence-corrected chi connectivity index (χ0v) is 15.5. The fraction of sp³-hybridized carbons (Fsp3) is 0.250. The number of carbonyl (C=O) groups is 3. The Bertz CT molecular complexity index is 908. The maximum Gasteiger partial charge on any atom is 0.335 e. The van der Waals surface area contributed by atoms with E-state index in [1.807, 2.05) is 25.7 Å². The average Bonchev–Trinajstić information content (AvgIpc) is 3.10. The third-order valence-electron chi connectivity index (χ3n) is 4.37. The molecule has 27 heavy (non-hydrogen) atoms. The molecule has 1 fully saturated rings. The predicted molar refractivity (Wildman–Crippen MR) is 102 cm³/mol. The van der Waals surface area contributed by atoms with E-state index in [4.69, 9.17) is 4.42 Å². The van der Waals surface area contributed by atoms with Gasteiger partial charge in [0.25, 0.3) is 11.8 Å². The minimum atomic E-state index is -0.769. The number of aryl methyl sites for hydroxylation is 1. The van der Waals surface area contributed by atoms with Crippen molar-refractivity contribution in [1.82, 2.24) is 5.32 Å². The van der Waals surface area contributed by atoms with Crippen LogP contribution >= 0.6 is 0 Å². The molecule has 1 aromatic heterocycles. The third kappa shape index (κ3) is 3.62. The van der Waals surface area contributed by atoms with E-state index in [1.54, 1.807) is 36.4 Å². The Labute approximate surface area is 157 Å². The molecular weight excluding hydrogens is 346 g/mol. The number of amides is 4. The van der Waals surface area contributed by atoms with Crippen LogP contribution in [0.5, 0.6) is 0 Å². The lowest BCUT2D eigenvalue weighted by Gasteiger charge is -2.26. The Morgan fingerprint density at radius 2 is 1.70 bits per heavy atom. The van der Waals surface area contributed by atoms with Gasteiger partial charge in [-0.25, -0.2) is 9.69 Å². The summed E-state index contributed by atoms with van der Waals surface area (Å²) in [5.41, 5.74) is 1.23. The summed E-state index contributed by atoms with van der Waals surface area (Å²) in [6.45, 7) is 7.46.